The number of nitrogens with two attached hydrogens (primary N) is 1. The Morgan fingerprint density at radius 2 is 1.04 bits per heavy atom. The number of rotatable bonds is 36. The first-order valence-corrected chi connectivity index (χ1v) is 20.7. The van der Waals surface area contributed by atoms with Crippen LogP contribution in [0.25, 0.3) is 0 Å². The molecule has 3 N–H and O–H groups in total. The van der Waals surface area contributed by atoms with E-state index in [1.165, 1.54) is 103 Å². The fraction of sp³-hybridized carbons (Fsp3) is 0.892. The molecule has 0 spiro atoms. The lowest BCUT2D eigenvalue weighted by molar-refractivity contribution is -0.161. The summed E-state index contributed by atoms with van der Waals surface area (Å²) >= 11 is 0. The highest BCUT2D eigenvalue weighted by Crippen LogP contribution is 2.43. The van der Waals surface area contributed by atoms with Gasteiger partial charge in [-0.1, -0.05) is 142 Å². The highest BCUT2D eigenvalue weighted by atomic mass is 31.2. The molecule has 47 heavy (non-hydrogen) atoms. The minimum absolute atomic E-state index is 0.0554. The molecule has 10 heteroatoms. The van der Waals surface area contributed by atoms with Crippen LogP contribution in [0.15, 0.2) is 12.2 Å². The summed E-state index contributed by atoms with van der Waals surface area (Å²) in [5, 5.41) is 0. The molecule has 0 bridgehead atoms. The molecule has 0 aromatic carbocycles. The van der Waals surface area contributed by atoms with E-state index in [0.29, 0.717) is 6.42 Å². The first-order chi connectivity index (χ1) is 22.8. The number of allylic oxidation sites excluding steroid dienone is 2. The largest absolute Gasteiger partial charge is 0.472 e. The molecule has 0 heterocycles. The molecular formula is C37H72NO8P. The lowest BCUT2D eigenvalue weighted by atomic mass is 10.1. The topological polar surface area (TPSA) is 134 Å². The molecule has 0 fully saturated rings. The van der Waals surface area contributed by atoms with Crippen LogP contribution in [0.4, 0.5) is 0 Å². The van der Waals surface area contributed by atoms with Crippen LogP contribution in [0.2, 0.25) is 0 Å². The van der Waals surface area contributed by atoms with Crippen molar-refractivity contribution in [3.8, 4) is 0 Å². The predicted molar refractivity (Wildman–Crippen MR) is 192 cm³/mol. The van der Waals surface area contributed by atoms with Crippen molar-refractivity contribution in [2.75, 3.05) is 26.4 Å². The molecule has 1 unspecified atom stereocenters. The lowest BCUT2D eigenvalue weighted by Crippen LogP contribution is -2.29. The third kappa shape index (κ3) is 34.4. The Labute approximate surface area is 288 Å². The standard InChI is InChI=1S/C37H72NO8P/c1-3-5-7-9-11-13-15-16-17-18-20-21-23-25-27-29-36(39)43-33-35(34-45-47(41,42)44-32-31-38)46-37(40)30-28-26-24-22-19-14-12-10-8-6-4-2/h13,15,35H,3-12,14,16-34,38H2,1-2H3,(H,41,42)/b15-13-/t35-/m1/s1. The van der Waals surface area contributed by atoms with Gasteiger partial charge in [0.1, 0.15) is 6.61 Å². The van der Waals surface area contributed by atoms with Gasteiger partial charge in [-0.15, -0.1) is 0 Å². The van der Waals surface area contributed by atoms with Crippen molar-refractivity contribution in [2.45, 2.75) is 187 Å². The van der Waals surface area contributed by atoms with Gasteiger partial charge in [0, 0.05) is 19.4 Å². The van der Waals surface area contributed by atoms with Gasteiger partial charge in [-0.3, -0.25) is 18.6 Å². The Kier molecular flexibility index (Phi) is 33.7. The highest BCUT2D eigenvalue weighted by Gasteiger charge is 2.25. The van der Waals surface area contributed by atoms with Crippen molar-refractivity contribution in [1.29, 1.82) is 0 Å². The van der Waals surface area contributed by atoms with Gasteiger partial charge in [0.2, 0.25) is 0 Å². The number of phosphoric ester groups is 1. The van der Waals surface area contributed by atoms with Gasteiger partial charge < -0.3 is 20.1 Å². The second kappa shape index (κ2) is 34.6. The second-order valence-electron chi connectivity index (χ2n) is 12.8. The quantitative estimate of drug-likeness (QED) is 0.0285. The Hall–Kier alpha value is -1.25. The number of phosphoric acid groups is 1. The van der Waals surface area contributed by atoms with E-state index >= 15 is 0 Å². The number of unbranched alkanes of at least 4 members (excludes halogenated alkanes) is 21. The Morgan fingerprint density at radius 3 is 1.53 bits per heavy atom. The van der Waals surface area contributed by atoms with Gasteiger partial charge in [-0.25, -0.2) is 4.57 Å². The number of ether oxygens (including phenoxy) is 2. The van der Waals surface area contributed by atoms with Crippen molar-refractivity contribution in [2.24, 2.45) is 5.73 Å². The third-order valence-electron chi connectivity index (χ3n) is 8.15. The van der Waals surface area contributed by atoms with Gasteiger partial charge in [-0.2, -0.15) is 0 Å². The molecule has 2 atom stereocenters. The van der Waals surface area contributed by atoms with Crippen molar-refractivity contribution in [3.05, 3.63) is 12.2 Å². The zero-order valence-electron chi connectivity index (χ0n) is 30.3. The summed E-state index contributed by atoms with van der Waals surface area (Å²) in [6.07, 6.45) is 32.4. The average molecular weight is 690 g/mol. The van der Waals surface area contributed by atoms with Crippen LogP contribution in [0.3, 0.4) is 0 Å². The number of hydrogen-bond acceptors (Lipinski definition) is 8. The minimum atomic E-state index is -4.36. The summed E-state index contributed by atoms with van der Waals surface area (Å²) in [6, 6.07) is 0. The van der Waals surface area contributed by atoms with Crippen molar-refractivity contribution < 1.29 is 37.6 Å². The number of carbonyl (C=O) groups is 2. The number of hydrogen-bond donors (Lipinski definition) is 2. The van der Waals surface area contributed by atoms with Gasteiger partial charge in [-0.05, 0) is 38.5 Å². The fourth-order valence-electron chi connectivity index (χ4n) is 5.28. The molecule has 0 aromatic heterocycles. The minimum Gasteiger partial charge on any atom is -0.462 e. The maximum Gasteiger partial charge on any atom is 0.472 e. The predicted octanol–water partition coefficient (Wildman–Crippen LogP) is 10.3. The van der Waals surface area contributed by atoms with E-state index < -0.39 is 26.5 Å². The molecule has 0 saturated heterocycles. The van der Waals surface area contributed by atoms with Crippen LogP contribution in [-0.2, 0) is 32.7 Å². The molecule has 9 nitrogen and oxygen atoms in total. The highest BCUT2D eigenvalue weighted by molar-refractivity contribution is 7.47. The molecule has 0 radical (unpaired) electrons. The summed E-state index contributed by atoms with van der Waals surface area (Å²) in [6.45, 7) is 3.71. The van der Waals surface area contributed by atoms with Gasteiger partial charge in [0.05, 0.1) is 13.2 Å². The van der Waals surface area contributed by atoms with E-state index in [1.807, 2.05) is 0 Å². The summed E-state index contributed by atoms with van der Waals surface area (Å²) in [7, 11) is -4.36. The van der Waals surface area contributed by atoms with Crippen LogP contribution in [0.1, 0.15) is 181 Å². The Balaban J connectivity index is 4.19. The van der Waals surface area contributed by atoms with E-state index in [0.717, 1.165) is 44.9 Å². The van der Waals surface area contributed by atoms with E-state index in [2.05, 4.69) is 26.0 Å². The molecule has 0 aliphatic carbocycles. The van der Waals surface area contributed by atoms with Crippen LogP contribution in [-0.4, -0.2) is 49.3 Å². The molecule has 0 aliphatic heterocycles. The summed E-state index contributed by atoms with van der Waals surface area (Å²) < 4.78 is 32.6. The Morgan fingerprint density at radius 1 is 0.617 bits per heavy atom. The van der Waals surface area contributed by atoms with E-state index in [-0.39, 0.29) is 38.6 Å². The van der Waals surface area contributed by atoms with Gasteiger partial charge in [0.25, 0.3) is 0 Å². The fourth-order valence-corrected chi connectivity index (χ4v) is 6.04. The van der Waals surface area contributed by atoms with Gasteiger partial charge in [0.15, 0.2) is 6.10 Å². The van der Waals surface area contributed by atoms with E-state index in [1.54, 1.807) is 0 Å². The summed E-state index contributed by atoms with van der Waals surface area (Å²) in [5.74, 6) is -0.830. The average Bonchev–Trinajstić information content (AvgIpc) is 3.05. The maximum atomic E-state index is 12.5. The van der Waals surface area contributed by atoms with E-state index in [4.69, 9.17) is 24.3 Å². The molecule has 0 rings (SSSR count). The lowest BCUT2D eigenvalue weighted by Gasteiger charge is -2.19. The first kappa shape index (κ1) is 45.8. The van der Waals surface area contributed by atoms with Crippen LogP contribution in [0.5, 0.6) is 0 Å². The summed E-state index contributed by atoms with van der Waals surface area (Å²) in [5.41, 5.74) is 5.33. The van der Waals surface area contributed by atoms with Crippen LogP contribution in [0, 0.1) is 0 Å². The second-order valence-corrected chi connectivity index (χ2v) is 14.3. The zero-order valence-corrected chi connectivity index (χ0v) is 31.2. The molecule has 278 valence electrons. The molecule has 0 aliphatic rings. The normalized spacial score (nSPS) is 13.5. The molecule has 0 saturated carbocycles. The zero-order chi connectivity index (χ0) is 34.7. The monoisotopic (exact) mass is 689 g/mol. The SMILES string of the molecule is CCCCCC/C=C\CCCCCCCCCC(=O)OC[C@H](COP(=O)(O)OCCN)OC(=O)CCCCCCCCCCCCC. The summed E-state index contributed by atoms with van der Waals surface area (Å²) in [4.78, 5) is 34.7. The van der Waals surface area contributed by atoms with Crippen molar-refractivity contribution in [3.63, 3.8) is 0 Å². The molecular weight excluding hydrogens is 617 g/mol. The van der Waals surface area contributed by atoms with Crippen molar-refractivity contribution >= 4 is 19.8 Å². The van der Waals surface area contributed by atoms with Gasteiger partial charge >= 0.3 is 19.8 Å². The third-order valence-corrected chi connectivity index (χ3v) is 9.14. The Bertz CT molecular complexity index is 794. The molecule has 0 aromatic rings. The molecule has 0 amide bonds. The smallest absolute Gasteiger partial charge is 0.462 e. The number of carbonyl (C=O) groups excluding carboxylic acids is 2. The maximum absolute atomic E-state index is 12.5. The van der Waals surface area contributed by atoms with E-state index in [9.17, 15) is 19.0 Å². The first-order valence-electron chi connectivity index (χ1n) is 19.2. The van der Waals surface area contributed by atoms with Crippen molar-refractivity contribution in [1.82, 2.24) is 0 Å². The van der Waals surface area contributed by atoms with Crippen LogP contribution < -0.4 is 5.73 Å². The number of esters is 2. The van der Waals surface area contributed by atoms with Crippen LogP contribution >= 0.6 is 7.82 Å².